The molecule has 1 aromatic heterocycles. The predicted molar refractivity (Wildman–Crippen MR) is 139 cm³/mol. The molecule has 0 aliphatic heterocycles. The number of aryl methyl sites for hydroxylation is 1. The molecule has 1 heterocycles. The third-order valence-corrected chi connectivity index (χ3v) is 7.35. The summed E-state index contributed by atoms with van der Waals surface area (Å²) in [6, 6.07) is 20.5. The summed E-state index contributed by atoms with van der Waals surface area (Å²) >= 11 is 1.72. The zero-order chi connectivity index (χ0) is 22.3. The molecule has 4 rings (SSSR count). The van der Waals surface area contributed by atoms with Crippen LogP contribution in [0.2, 0.25) is 0 Å². The molecule has 0 radical (unpaired) electrons. The van der Waals surface area contributed by atoms with Gasteiger partial charge in [0, 0.05) is 20.2 Å². The average molecular weight is 445 g/mol. The van der Waals surface area contributed by atoms with Gasteiger partial charge in [-0.3, -0.25) is 4.79 Å². The van der Waals surface area contributed by atoms with Crippen molar-refractivity contribution < 1.29 is 4.74 Å². The smallest absolute Gasteiger partial charge is 0.195 e. The Labute approximate surface area is 194 Å². The minimum absolute atomic E-state index is 0.129. The van der Waals surface area contributed by atoms with Gasteiger partial charge >= 0.3 is 0 Å². The minimum Gasteiger partial charge on any atom is -0.494 e. The summed E-state index contributed by atoms with van der Waals surface area (Å²) < 4.78 is 8.10. The number of benzene rings is 3. The zero-order valence-corrected chi connectivity index (χ0v) is 20.0. The average Bonchev–Trinajstić information content (AvgIpc) is 2.83. The van der Waals surface area contributed by atoms with Crippen LogP contribution in [0.3, 0.4) is 0 Å². The van der Waals surface area contributed by atoms with Crippen molar-refractivity contribution in [3.05, 3.63) is 76.5 Å². The summed E-state index contributed by atoms with van der Waals surface area (Å²) in [5, 5.41) is 1.63. The zero-order valence-electron chi connectivity index (χ0n) is 19.2. The van der Waals surface area contributed by atoms with E-state index in [4.69, 9.17) is 4.74 Å². The van der Waals surface area contributed by atoms with Gasteiger partial charge in [-0.15, -0.1) is 11.3 Å². The maximum Gasteiger partial charge on any atom is 0.195 e. The highest BCUT2D eigenvalue weighted by Crippen LogP contribution is 2.33. The summed E-state index contributed by atoms with van der Waals surface area (Å²) in [5.74, 6) is 0.913. The van der Waals surface area contributed by atoms with Gasteiger partial charge in [-0.2, -0.15) is 0 Å². The first-order valence-corrected chi connectivity index (χ1v) is 12.7. The van der Waals surface area contributed by atoms with Gasteiger partial charge in [-0.1, -0.05) is 70.2 Å². The van der Waals surface area contributed by atoms with E-state index in [1.54, 1.807) is 11.3 Å². The molecule has 0 amide bonds. The highest BCUT2D eigenvalue weighted by atomic mass is 32.1. The van der Waals surface area contributed by atoms with Crippen LogP contribution >= 0.6 is 11.3 Å². The second-order valence-electron chi connectivity index (χ2n) is 8.43. The highest BCUT2D eigenvalue weighted by Gasteiger charge is 2.11. The number of unbranched alkanes of at least 4 members (excludes halogenated alkanes) is 5. The maximum atomic E-state index is 13.2. The van der Waals surface area contributed by atoms with Crippen LogP contribution in [0.25, 0.3) is 31.3 Å². The van der Waals surface area contributed by atoms with Crippen LogP contribution < -0.4 is 10.2 Å². The van der Waals surface area contributed by atoms with E-state index in [9.17, 15) is 4.79 Å². The third kappa shape index (κ3) is 5.05. The van der Waals surface area contributed by atoms with E-state index in [-0.39, 0.29) is 5.43 Å². The van der Waals surface area contributed by atoms with E-state index in [1.807, 2.05) is 36.4 Å². The van der Waals surface area contributed by atoms with Gasteiger partial charge in [0.05, 0.1) is 6.61 Å². The molecule has 0 saturated carbocycles. The summed E-state index contributed by atoms with van der Waals surface area (Å²) in [6.45, 7) is 5.18. The third-order valence-electron chi connectivity index (χ3n) is 6.09. The van der Waals surface area contributed by atoms with E-state index in [1.165, 1.54) is 37.7 Å². The molecule has 3 aromatic carbocycles. The van der Waals surface area contributed by atoms with Crippen molar-refractivity contribution in [3.63, 3.8) is 0 Å². The lowest BCUT2D eigenvalue weighted by Crippen LogP contribution is -2.02. The molecule has 0 N–H and O–H groups in total. The first-order valence-electron chi connectivity index (χ1n) is 11.9. The quantitative estimate of drug-likeness (QED) is 0.181. The first kappa shape index (κ1) is 22.5. The molecule has 0 spiro atoms. The summed E-state index contributed by atoms with van der Waals surface area (Å²) in [5.41, 5.74) is 3.57. The van der Waals surface area contributed by atoms with Crippen molar-refractivity contribution in [3.8, 4) is 16.9 Å². The summed E-state index contributed by atoms with van der Waals surface area (Å²) in [6.07, 6.45) is 8.50. The SMILES string of the molecule is CCCCCCCCOc1ccc(-c2cc(CC)c3sc4ccccc4c(=O)c3c2)cc1. The fourth-order valence-corrected chi connectivity index (χ4v) is 5.45. The second-order valence-corrected chi connectivity index (χ2v) is 9.49. The van der Waals surface area contributed by atoms with Crippen LogP contribution in [-0.4, -0.2) is 6.61 Å². The predicted octanol–water partition coefficient (Wildman–Crippen LogP) is 8.38. The Kier molecular flexibility index (Phi) is 7.59. The maximum absolute atomic E-state index is 13.2. The highest BCUT2D eigenvalue weighted by molar-refractivity contribution is 7.24. The topological polar surface area (TPSA) is 26.3 Å². The van der Waals surface area contributed by atoms with Crippen LogP contribution in [0, 0.1) is 0 Å². The Morgan fingerprint density at radius 3 is 2.31 bits per heavy atom. The van der Waals surface area contributed by atoms with Crippen LogP contribution in [0.1, 0.15) is 57.9 Å². The molecule has 2 nitrogen and oxygen atoms in total. The van der Waals surface area contributed by atoms with Crippen molar-refractivity contribution in [2.45, 2.75) is 58.8 Å². The number of ether oxygens (including phenoxy) is 1. The molecule has 0 aliphatic rings. The Hall–Kier alpha value is -2.65. The molecule has 32 heavy (non-hydrogen) atoms. The Bertz CT molecular complexity index is 1240. The van der Waals surface area contributed by atoms with E-state index in [2.05, 4.69) is 38.1 Å². The fourth-order valence-electron chi connectivity index (χ4n) is 4.22. The number of hydrogen-bond acceptors (Lipinski definition) is 3. The number of fused-ring (bicyclic) bond motifs is 2. The van der Waals surface area contributed by atoms with Crippen molar-refractivity contribution in [2.24, 2.45) is 0 Å². The molecule has 0 atom stereocenters. The minimum atomic E-state index is 0.129. The van der Waals surface area contributed by atoms with Crippen LogP contribution in [0.15, 0.2) is 65.5 Å². The van der Waals surface area contributed by atoms with E-state index in [0.29, 0.717) is 0 Å². The molecule has 0 fully saturated rings. The largest absolute Gasteiger partial charge is 0.494 e. The molecule has 0 unspecified atom stereocenters. The van der Waals surface area contributed by atoms with Gasteiger partial charge in [0.2, 0.25) is 0 Å². The number of rotatable bonds is 10. The van der Waals surface area contributed by atoms with Crippen LogP contribution in [-0.2, 0) is 6.42 Å². The first-order chi connectivity index (χ1) is 15.7. The Morgan fingerprint density at radius 1 is 0.781 bits per heavy atom. The Balaban J connectivity index is 1.54. The standard InChI is InChI=1S/C29H32O2S/c1-3-5-6-7-8-11-18-31-24-16-14-22(15-17-24)23-19-21(4-2)29-26(20-23)28(30)25-12-9-10-13-27(25)32-29/h9-10,12-17,19-20H,3-8,11,18H2,1-2H3. The summed E-state index contributed by atoms with van der Waals surface area (Å²) in [7, 11) is 0. The van der Waals surface area contributed by atoms with Crippen LogP contribution in [0.5, 0.6) is 5.75 Å². The van der Waals surface area contributed by atoms with Crippen molar-refractivity contribution in [1.29, 1.82) is 0 Å². The fraction of sp³-hybridized carbons (Fsp3) is 0.345. The molecular formula is C29H32O2S. The molecule has 4 aromatic rings. The van der Waals surface area contributed by atoms with E-state index in [0.717, 1.165) is 56.5 Å². The molecule has 0 bridgehead atoms. The molecule has 0 aliphatic carbocycles. The van der Waals surface area contributed by atoms with Crippen LogP contribution in [0.4, 0.5) is 0 Å². The van der Waals surface area contributed by atoms with Gasteiger partial charge in [-0.25, -0.2) is 0 Å². The van der Waals surface area contributed by atoms with Gasteiger partial charge < -0.3 is 4.74 Å². The van der Waals surface area contributed by atoms with Crippen molar-refractivity contribution >= 4 is 31.5 Å². The lowest BCUT2D eigenvalue weighted by Gasteiger charge is -2.11. The molecular weight excluding hydrogens is 412 g/mol. The van der Waals surface area contributed by atoms with Gasteiger partial charge in [0.1, 0.15) is 5.75 Å². The normalized spacial score (nSPS) is 11.3. The molecule has 3 heteroatoms. The lowest BCUT2D eigenvalue weighted by molar-refractivity contribution is 0.304. The van der Waals surface area contributed by atoms with E-state index >= 15 is 0 Å². The number of hydrogen-bond donors (Lipinski definition) is 0. The Morgan fingerprint density at radius 2 is 1.53 bits per heavy atom. The van der Waals surface area contributed by atoms with Crippen molar-refractivity contribution in [2.75, 3.05) is 6.61 Å². The monoisotopic (exact) mass is 444 g/mol. The van der Waals surface area contributed by atoms with E-state index < -0.39 is 0 Å². The molecule has 0 saturated heterocycles. The van der Waals surface area contributed by atoms with Gasteiger partial charge in [0.25, 0.3) is 0 Å². The lowest BCUT2D eigenvalue weighted by atomic mass is 9.99. The summed E-state index contributed by atoms with van der Waals surface area (Å²) in [4.78, 5) is 13.2. The van der Waals surface area contributed by atoms with Crippen molar-refractivity contribution in [1.82, 2.24) is 0 Å². The molecule has 166 valence electrons. The van der Waals surface area contributed by atoms with Gasteiger partial charge in [0.15, 0.2) is 5.43 Å². The second kappa shape index (κ2) is 10.8. The van der Waals surface area contributed by atoms with Gasteiger partial charge in [-0.05, 0) is 65.9 Å².